The van der Waals surface area contributed by atoms with Crippen LogP contribution in [-0.4, -0.2) is 41.3 Å². The Morgan fingerprint density at radius 1 is 0.862 bits per heavy atom. The number of benzene rings is 3. The number of hydrogen-bond donors (Lipinski definition) is 2. The monoisotopic (exact) mass is 450 g/mol. The van der Waals surface area contributed by atoms with Crippen molar-refractivity contribution in [3.63, 3.8) is 0 Å². The van der Waals surface area contributed by atoms with Crippen molar-refractivity contribution in [3.05, 3.63) is 95.7 Å². The van der Waals surface area contributed by atoms with Crippen LogP contribution in [0.3, 0.4) is 0 Å². The van der Waals surface area contributed by atoms with Gasteiger partial charge in [0.1, 0.15) is 0 Å². The fourth-order valence-corrected chi connectivity index (χ4v) is 3.95. The predicted octanol–water partition coefficient (Wildman–Crippen LogP) is 3.24. The van der Waals surface area contributed by atoms with E-state index in [1.807, 2.05) is 65.6 Å². The molecule has 0 atom stereocenters. The number of hydrogen-bond acceptors (Lipinski definition) is 4. The van der Waals surface area contributed by atoms with Gasteiger partial charge in [0.15, 0.2) is 0 Å². The van der Waals surface area contributed by atoms with Crippen LogP contribution in [0.5, 0.6) is 11.5 Å². The maximum absolute atomic E-state index is 13.3. The number of carbonyl (C=O) groups is 1. The van der Waals surface area contributed by atoms with Gasteiger partial charge in [0, 0.05) is 0 Å². The fraction of sp³-hybridized carbons (Fsp3) is 0.0435. The second kappa shape index (κ2) is 7.95. The molecule has 3 aromatic carbocycles. The molecular formula is C23H18N2O3Se. The van der Waals surface area contributed by atoms with E-state index in [1.165, 1.54) is 6.07 Å². The molecule has 3 aromatic rings. The Morgan fingerprint density at radius 3 is 2.21 bits per heavy atom. The Bertz CT molecular complexity index is 1100. The molecule has 0 radical (unpaired) electrons. The van der Waals surface area contributed by atoms with Gasteiger partial charge in [0.05, 0.1) is 0 Å². The van der Waals surface area contributed by atoms with Crippen LogP contribution in [-0.2, 0) is 11.3 Å². The molecule has 2 N–H and O–H groups in total. The Morgan fingerprint density at radius 2 is 1.52 bits per heavy atom. The van der Waals surface area contributed by atoms with Gasteiger partial charge in [0.2, 0.25) is 0 Å². The molecule has 5 nitrogen and oxygen atoms in total. The van der Waals surface area contributed by atoms with Crippen LogP contribution in [0.25, 0.3) is 6.08 Å². The van der Waals surface area contributed by atoms with E-state index in [2.05, 4.69) is 15.6 Å². The molecule has 0 spiro atoms. The van der Waals surface area contributed by atoms with Crippen LogP contribution >= 0.6 is 0 Å². The summed E-state index contributed by atoms with van der Waals surface area (Å²) >= 11 is 3.02. The SMILES string of the molecule is O=C1/C(=C\c2cccc(O)c2O)N(Cc2ccccc2)C(=[Se])N1c1ccccc1. The molecule has 1 heterocycles. The van der Waals surface area contributed by atoms with E-state index >= 15 is 0 Å². The quantitative estimate of drug-likeness (QED) is 0.365. The minimum atomic E-state index is -0.257. The normalized spacial score (nSPS) is 15.4. The molecular weight excluding hydrogens is 431 g/mol. The summed E-state index contributed by atoms with van der Waals surface area (Å²) in [7, 11) is 0. The zero-order valence-electron chi connectivity index (χ0n) is 15.4. The van der Waals surface area contributed by atoms with Crippen LogP contribution in [0.1, 0.15) is 11.1 Å². The summed E-state index contributed by atoms with van der Waals surface area (Å²) in [6.07, 6.45) is 1.60. The second-order valence-electron chi connectivity index (χ2n) is 6.57. The van der Waals surface area contributed by atoms with Gasteiger partial charge in [-0.1, -0.05) is 0 Å². The van der Waals surface area contributed by atoms with E-state index in [9.17, 15) is 15.0 Å². The van der Waals surface area contributed by atoms with E-state index in [4.69, 9.17) is 0 Å². The molecule has 1 amide bonds. The van der Waals surface area contributed by atoms with Crippen LogP contribution in [0.4, 0.5) is 5.69 Å². The van der Waals surface area contributed by atoms with Gasteiger partial charge in [-0.25, -0.2) is 0 Å². The molecule has 0 unspecified atom stereocenters. The van der Waals surface area contributed by atoms with Crippen molar-refractivity contribution in [3.8, 4) is 11.5 Å². The van der Waals surface area contributed by atoms with E-state index in [1.54, 1.807) is 23.1 Å². The number of para-hydroxylation sites is 2. The Kier molecular flexibility index (Phi) is 5.21. The Labute approximate surface area is 176 Å². The number of aromatic hydroxyl groups is 2. The van der Waals surface area contributed by atoms with Gasteiger partial charge in [0.25, 0.3) is 0 Å². The third-order valence-corrected chi connectivity index (χ3v) is 5.52. The summed E-state index contributed by atoms with van der Waals surface area (Å²) in [5.74, 6) is -0.706. The van der Waals surface area contributed by atoms with E-state index in [-0.39, 0.29) is 17.4 Å². The molecule has 0 aromatic heterocycles. The number of phenolic OH excluding ortho intramolecular Hbond substituents is 2. The standard InChI is InChI=1S/C23H18N2O3Se/c26-20-13-7-10-17(21(20)27)14-19-22(28)25(18-11-5-2-6-12-18)23(29)24(19)15-16-8-3-1-4-9-16/h1-14,26-27H,15H2/b19-14+. The van der Waals surface area contributed by atoms with Gasteiger partial charge < -0.3 is 0 Å². The van der Waals surface area contributed by atoms with Crippen molar-refractivity contribution >= 4 is 37.9 Å². The van der Waals surface area contributed by atoms with Crippen molar-refractivity contribution in [2.45, 2.75) is 6.54 Å². The second-order valence-corrected chi connectivity index (χ2v) is 7.34. The zero-order chi connectivity index (χ0) is 20.4. The number of nitrogens with zero attached hydrogens (tertiary/aromatic N) is 2. The molecule has 0 saturated carbocycles. The molecule has 1 saturated heterocycles. The first kappa shape index (κ1) is 19.0. The number of rotatable bonds is 4. The molecule has 144 valence electrons. The third-order valence-electron chi connectivity index (χ3n) is 4.67. The first-order valence-corrected chi connectivity index (χ1v) is 9.89. The molecule has 1 fully saturated rings. The summed E-state index contributed by atoms with van der Waals surface area (Å²) in [5.41, 5.74) is 2.54. The summed E-state index contributed by atoms with van der Waals surface area (Å²) in [4.78, 5) is 16.8. The molecule has 0 aliphatic carbocycles. The Balaban J connectivity index is 1.80. The van der Waals surface area contributed by atoms with Crippen LogP contribution in [0.2, 0.25) is 0 Å². The number of carbonyl (C=O) groups excluding carboxylic acids is 1. The predicted molar refractivity (Wildman–Crippen MR) is 114 cm³/mol. The van der Waals surface area contributed by atoms with Crippen molar-refractivity contribution in [1.29, 1.82) is 0 Å². The van der Waals surface area contributed by atoms with Gasteiger partial charge in [-0.2, -0.15) is 0 Å². The van der Waals surface area contributed by atoms with Gasteiger partial charge >= 0.3 is 176 Å². The fourth-order valence-electron chi connectivity index (χ4n) is 3.22. The first-order valence-electron chi connectivity index (χ1n) is 9.04. The number of amides is 1. The van der Waals surface area contributed by atoms with Crippen LogP contribution in [0, 0.1) is 0 Å². The minimum absolute atomic E-state index is 0.219. The average Bonchev–Trinajstić information content (AvgIpc) is 2.96. The summed E-state index contributed by atoms with van der Waals surface area (Å²) < 4.78 is 0.649. The summed E-state index contributed by atoms with van der Waals surface area (Å²) in [6, 6.07) is 23.9. The number of anilines is 1. The van der Waals surface area contributed by atoms with Crippen LogP contribution < -0.4 is 4.90 Å². The zero-order valence-corrected chi connectivity index (χ0v) is 17.1. The molecule has 1 aliphatic rings. The van der Waals surface area contributed by atoms with E-state index in [0.717, 1.165) is 11.3 Å². The molecule has 0 bridgehead atoms. The maximum atomic E-state index is 13.3. The van der Waals surface area contributed by atoms with E-state index in [0.29, 0.717) is 22.5 Å². The summed E-state index contributed by atoms with van der Waals surface area (Å²) in [6.45, 7) is 0.476. The molecule has 4 rings (SSSR count). The van der Waals surface area contributed by atoms with Crippen molar-refractivity contribution < 1.29 is 15.0 Å². The van der Waals surface area contributed by atoms with Crippen molar-refractivity contribution in [2.24, 2.45) is 0 Å². The topological polar surface area (TPSA) is 64.0 Å². The summed E-state index contributed by atoms with van der Waals surface area (Å²) in [5, 5.41) is 20.0. The van der Waals surface area contributed by atoms with Gasteiger partial charge in [-0.3, -0.25) is 0 Å². The first-order chi connectivity index (χ1) is 14.1. The van der Waals surface area contributed by atoms with Crippen LogP contribution in [0.15, 0.2) is 84.6 Å². The third kappa shape index (κ3) is 3.68. The average molecular weight is 449 g/mol. The molecule has 1 aliphatic heterocycles. The van der Waals surface area contributed by atoms with E-state index < -0.39 is 0 Å². The van der Waals surface area contributed by atoms with Crippen molar-refractivity contribution in [2.75, 3.05) is 4.90 Å². The molecule has 29 heavy (non-hydrogen) atoms. The molecule has 6 heteroatoms. The Hall–Kier alpha value is -3.34. The van der Waals surface area contributed by atoms with Gasteiger partial charge in [-0.15, -0.1) is 0 Å². The van der Waals surface area contributed by atoms with Crippen molar-refractivity contribution in [1.82, 2.24) is 4.90 Å². The van der Waals surface area contributed by atoms with Gasteiger partial charge in [-0.05, 0) is 0 Å². The number of phenols is 2.